The highest BCUT2D eigenvalue weighted by molar-refractivity contribution is 5.57. The number of piperazine rings is 1. The predicted octanol–water partition coefficient (Wildman–Crippen LogP) is 2.41. The molecule has 1 unspecified atom stereocenters. The van der Waals surface area contributed by atoms with Gasteiger partial charge < -0.3 is 19.9 Å². The molecular formula is C20H28N6O. The minimum atomic E-state index is 0.262. The van der Waals surface area contributed by atoms with Gasteiger partial charge in [0.1, 0.15) is 0 Å². The van der Waals surface area contributed by atoms with E-state index in [9.17, 15) is 0 Å². The highest BCUT2D eigenvalue weighted by atomic mass is 16.5. The summed E-state index contributed by atoms with van der Waals surface area (Å²) in [5.41, 5.74) is 4.06. The number of benzene rings is 1. The molecule has 1 N–H and O–H groups in total. The molecule has 0 aliphatic carbocycles. The molecule has 3 heterocycles. The molecule has 2 saturated heterocycles. The molecule has 27 heavy (non-hydrogen) atoms. The summed E-state index contributed by atoms with van der Waals surface area (Å²) < 4.78 is 5.64. The second-order valence-corrected chi connectivity index (χ2v) is 7.35. The predicted molar refractivity (Wildman–Crippen MR) is 108 cm³/mol. The largest absolute Gasteiger partial charge is 0.376 e. The Kier molecular flexibility index (Phi) is 5.38. The van der Waals surface area contributed by atoms with Crippen LogP contribution < -0.4 is 15.1 Å². The van der Waals surface area contributed by atoms with Gasteiger partial charge in [-0.2, -0.15) is 10.1 Å². The van der Waals surface area contributed by atoms with Crippen molar-refractivity contribution in [2.75, 3.05) is 54.4 Å². The lowest BCUT2D eigenvalue weighted by Crippen LogP contribution is -2.47. The Morgan fingerprint density at radius 2 is 1.96 bits per heavy atom. The molecule has 1 atom stereocenters. The van der Waals surface area contributed by atoms with Crippen molar-refractivity contribution >= 4 is 17.5 Å². The third kappa shape index (κ3) is 4.13. The van der Waals surface area contributed by atoms with E-state index >= 15 is 0 Å². The summed E-state index contributed by atoms with van der Waals surface area (Å²) in [7, 11) is 0. The number of aromatic nitrogens is 3. The van der Waals surface area contributed by atoms with E-state index in [0.29, 0.717) is 5.95 Å². The molecule has 7 heteroatoms. The van der Waals surface area contributed by atoms with Crippen LogP contribution in [0.4, 0.5) is 17.5 Å². The Labute approximate surface area is 160 Å². The highest BCUT2D eigenvalue weighted by Crippen LogP contribution is 2.25. The Hall–Kier alpha value is -2.41. The van der Waals surface area contributed by atoms with Crippen LogP contribution >= 0.6 is 0 Å². The van der Waals surface area contributed by atoms with E-state index in [1.165, 1.54) is 16.8 Å². The van der Waals surface area contributed by atoms with Crippen LogP contribution in [-0.2, 0) is 4.74 Å². The number of aryl methyl sites for hydroxylation is 1. The minimum absolute atomic E-state index is 0.262. The maximum Gasteiger partial charge on any atom is 0.244 e. The average Bonchev–Trinajstić information content (AvgIpc) is 3.23. The molecule has 0 radical (unpaired) electrons. The monoisotopic (exact) mass is 368 g/mol. The molecule has 2 aromatic rings. The van der Waals surface area contributed by atoms with Crippen molar-refractivity contribution in [3.63, 3.8) is 0 Å². The van der Waals surface area contributed by atoms with E-state index in [0.717, 1.165) is 58.0 Å². The molecule has 0 amide bonds. The van der Waals surface area contributed by atoms with Crippen LogP contribution in [0.15, 0.2) is 24.4 Å². The van der Waals surface area contributed by atoms with Crippen LogP contribution in [0.3, 0.4) is 0 Å². The first-order chi connectivity index (χ1) is 13.2. The third-order valence-corrected chi connectivity index (χ3v) is 5.58. The van der Waals surface area contributed by atoms with E-state index in [4.69, 9.17) is 4.74 Å². The Balaban J connectivity index is 1.36. The van der Waals surface area contributed by atoms with Gasteiger partial charge in [0.15, 0.2) is 5.82 Å². The summed E-state index contributed by atoms with van der Waals surface area (Å²) in [4.78, 5) is 9.40. The summed E-state index contributed by atoms with van der Waals surface area (Å²) in [6.07, 6.45) is 4.25. The van der Waals surface area contributed by atoms with E-state index in [1.54, 1.807) is 6.20 Å². The van der Waals surface area contributed by atoms with Crippen molar-refractivity contribution in [3.8, 4) is 0 Å². The van der Waals surface area contributed by atoms with Crippen LogP contribution in [0.25, 0.3) is 0 Å². The molecule has 2 aliphatic rings. The number of nitrogens with one attached hydrogen (secondary N) is 1. The maximum absolute atomic E-state index is 5.64. The second kappa shape index (κ2) is 8.08. The van der Waals surface area contributed by atoms with Gasteiger partial charge in [0.25, 0.3) is 0 Å². The van der Waals surface area contributed by atoms with Gasteiger partial charge in [0, 0.05) is 45.0 Å². The number of ether oxygens (including phenoxy) is 1. The van der Waals surface area contributed by atoms with Crippen molar-refractivity contribution in [1.82, 2.24) is 15.2 Å². The molecule has 0 saturated carbocycles. The number of anilines is 3. The molecule has 4 rings (SSSR count). The van der Waals surface area contributed by atoms with Gasteiger partial charge in [-0.1, -0.05) is 12.1 Å². The molecular weight excluding hydrogens is 340 g/mol. The fourth-order valence-corrected chi connectivity index (χ4v) is 3.79. The van der Waals surface area contributed by atoms with Gasteiger partial charge in [-0.05, 0) is 43.9 Å². The van der Waals surface area contributed by atoms with Crippen LogP contribution in [-0.4, -0.2) is 60.6 Å². The summed E-state index contributed by atoms with van der Waals surface area (Å²) in [5.74, 6) is 1.47. The molecule has 144 valence electrons. The Morgan fingerprint density at radius 1 is 1.15 bits per heavy atom. The lowest BCUT2D eigenvalue weighted by Gasteiger charge is -2.37. The molecule has 0 spiro atoms. The zero-order valence-corrected chi connectivity index (χ0v) is 16.2. The van der Waals surface area contributed by atoms with Gasteiger partial charge in [-0.25, -0.2) is 0 Å². The second-order valence-electron chi connectivity index (χ2n) is 7.35. The fraction of sp³-hybridized carbons (Fsp3) is 0.550. The Morgan fingerprint density at radius 3 is 2.74 bits per heavy atom. The average molecular weight is 368 g/mol. The van der Waals surface area contributed by atoms with E-state index in [-0.39, 0.29) is 6.10 Å². The smallest absolute Gasteiger partial charge is 0.244 e. The first-order valence-corrected chi connectivity index (χ1v) is 9.82. The quantitative estimate of drug-likeness (QED) is 0.869. The lowest BCUT2D eigenvalue weighted by molar-refractivity contribution is 0.120. The fourth-order valence-electron chi connectivity index (χ4n) is 3.79. The molecule has 7 nitrogen and oxygen atoms in total. The topological polar surface area (TPSA) is 66.4 Å². The molecule has 2 fully saturated rings. The van der Waals surface area contributed by atoms with Gasteiger partial charge in [0.05, 0.1) is 12.3 Å². The van der Waals surface area contributed by atoms with Crippen molar-refractivity contribution in [3.05, 3.63) is 35.5 Å². The number of rotatable bonds is 5. The minimum Gasteiger partial charge on any atom is -0.376 e. The summed E-state index contributed by atoms with van der Waals surface area (Å²) in [6.45, 7) is 9.79. The first-order valence-electron chi connectivity index (χ1n) is 9.82. The Bertz CT molecular complexity index is 769. The number of hydrogen-bond donors (Lipinski definition) is 1. The lowest BCUT2D eigenvalue weighted by atomic mass is 10.1. The molecule has 2 aliphatic heterocycles. The van der Waals surface area contributed by atoms with Crippen LogP contribution in [0.2, 0.25) is 0 Å². The normalized spacial score (nSPS) is 20.1. The zero-order chi connectivity index (χ0) is 18.6. The van der Waals surface area contributed by atoms with Crippen molar-refractivity contribution in [2.24, 2.45) is 0 Å². The molecule has 0 bridgehead atoms. The van der Waals surface area contributed by atoms with E-state index in [2.05, 4.69) is 62.3 Å². The maximum atomic E-state index is 5.64. The molecule has 1 aromatic carbocycles. The third-order valence-electron chi connectivity index (χ3n) is 5.58. The van der Waals surface area contributed by atoms with Crippen molar-refractivity contribution < 1.29 is 4.74 Å². The standard InChI is InChI=1S/C20H28N6O/c1-15-5-3-7-18(16(15)2)25-8-10-26(11-9-25)19-14-22-24-20(23-19)21-13-17-6-4-12-27-17/h3,5,7,14,17H,4,6,8-13H2,1-2H3,(H,21,23,24). The SMILES string of the molecule is Cc1cccc(N2CCN(c3cnnc(NCC4CCCO4)n3)CC2)c1C. The van der Waals surface area contributed by atoms with E-state index < -0.39 is 0 Å². The number of nitrogens with zero attached hydrogens (tertiary/aromatic N) is 5. The first kappa shape index (κ1) is 18.0. The van der Waals surface area contributed by atoms with Crippen LogP contribution in [0.5, 0.6) is 0 Å². The van der Waals surface area contributed by atoms with Crippen molar-refractivity contribution in [2.45, 2.75) is 32.8 Å². The highest BCUT2D eigenvalue weighted by Gasteiger charge is 2.21. The number of hydrogen-bond acceptors (Lipinski definition) is 7. The van der Waals surface area contributed by atoms with Crippen LogP contribution in [0, 0.1) is 13.8 Å². The summed E-state index contributed by atoms with van der Waals surface area (Å²) in [6, 6.07) is 6.54. The van der Waals surface area contributed by atoms with Crippen molar-refractivity contribution in [1.29, 1.82) is 0 Å². The zero-order valence-electron chi connectivity index (χ0n) is 16.2. The van der Waals surface area contributed by atoms with E-state index in [1.807, 2.05) is 0 Å². The molecule has 1 aromatic heterocycles. The summed E-state index contributed by atoms with van der Waals surface area (Å²) in [5, 5.41) is 11.5. The van der Waals surface area contributed by atoms with Crippen LogP contribution in [0.1, 0.15) is 24.0 Å². The van der Waals surface area contributed by atoms with Gasteiger partial charge >= 0.3 is 0 Å². The van der Waals surface area contributed by atoms with Gasteiger partial charge in [0.2, 0.25) is 5.95 Å². The summed E-state index contributed by atoms with van der Waals surface area (Å²) >= 11 is 0. The van der Waals surface area contributed by atoms with Gasteiger partial charge in [-0.3, -0.25) is 0 Å². The van der Waals surface area contributed by atoms with Gasteiger partial charge in [-0.15, -0.1) is 5.10 Å².